The molecule has 1 rings (SSSR count). The molecule has 0 N–H and O–H groups in total. The van der Waals surface area contributed by atoms with Crippen LogP contribution in [0.4, 0.5) is 0 Å². The molecule has 0 aromatic rings. The van der Waals surface area contributed by atoms with Crippen molar-refractivity contribution in [2.45, 2.75) is 72.3 Å². The average molecular weight is 264 g/mol. The van der Waals surface area contributed by atoms with Gasteiger partial charge < -0.3 is 4.90 Å². The zero-order chi connectivity index (χ0) is 14.7. The summed E-state index contributed by atoms with van der Waals surface area (Å²) in [5, 5.41) is 9.57. The van der Waals surface area contributed by atoms with Crippen LogP contribution in [0.25, 0.3) is 0 Å². The minimum absolute atomic E-state index is 0.0272. The molecule has 0 bridgehead atoms. The van der Waals surface area contributed by atoms with Crippen molar-refractivity contribution in [3.05, 3.63) is 0 Å². The van der Waals surface area contributed by atoms with Gasteiger partial charge >= 0.3 is 0 Å². The van der Waals surface area contributed by atoms with Gasteiger partial charge in [-0.25, -0.2) is 0 Å². The van der Waals surface area contributed by atoms with E-state index in [2.05, 4.69) is 33.8 Å². The topological polar surface area (TPSA) is 44.1 Å². The second kappa shape index (κ2) is 5.94. The summed E-state index contributed by atoms with van der Waals surface area (Å²) in [5.41, 5.74) is -0.740. The minimum atomic E-state index is -0.773. The SMILES string of the molecule is CC(N(C)C(=O)C1(C#N)CCCCCC1)C(C)(C)C. The van der Waals surface area contributed by atoms with E-state index in [1.54, 1.807) is 4.90 Å². The predicted molar refractivity (Wildman–Crippen MR) is 77.4 cm³/mol. The molecular weight excluding hydrogens is 236 g/mol. The number of carbonyl (C=O) groups is 1. The quantitative estimate of drug-likeness (QED) is 0.713. The molecule has 0 aromatic carbocycles. The third-order valence-electron chi connectivity index (χ3n) is 4.74. The van der Waals surface area contributed by atoms with Crippen LogP contribution >= 0.6 is 0 Å². The van der Waals surface area contributed by atoms with Crippen LogP contribution in [0.5, 0.6) is 0 Å². The van der Waals surface area contributed by atoms with Crippen LogP contribution in [-0.4, -0.2) is 23.9 Å². The highest BCUT2D eigenvalue weighted by molar-refractivity contribution is 5.85. The molecule has 0 saturated heterocycles. The fourth-order valence-corrected chi connectivity index (χ4v) is 2.80. The first kappa shape index (κ1) is 16.0. The molecule has 1 aliphatic rings. The van der Waals surface area contributed by atoms with Crippen molar-refractivity contribution in [1.82, 2.24) is 4.90 Å². The Labute approximate surface area is 118 Å². The van der Waals surface area contributed by atoms with Crippen LogP contribution < -0.4 is 0 Å². The Balaban J connectivity index is 2.92. The molecule has 0 heterocycles. The maximum atomic E-state index is 12.8. The van der Waals surface area contributed by atoms with Crippen LogP contribution in [0.15, 0.2) is 0 Å². The van der Waals surface area contributed by atoms with Gasteiger partial charge in [0, 0.05) is 13.1 Å². The van der Waals surface area contributed by atoms with E-state index in [-0.39, 0.29) is 17.4 Å². The zero-order valence-corrected chi connectivity index (χ0v) is 13.1. The summed E-state index contributed by atoms with van der Waals surface area (Å²) in [6, 6.07) is 2.49. The molecule has 19 heavy (non-hydrogen) atoms. The van der Waals surface area contributed by atoms with Crippen molar-refractivity contribution in [2.75, 3.05) is 7.05 Å². The lowest BCUT2D eigenvalue weighted by molar-refractivity contribution is -0.142. The predicted octanol–water partition coefficient (Wildman–Crippen LogP) is 3.74. The summed E-state index contributed by atoms with van der Waals surface area (Å²) in [6.07, 6.45) is 5.74. The summed E-state index contributed by atoms with van der Waals surface area (Å²) in [6.45, 7) is 8.47. The number of nitrogens with zero attached hydrogens (tertiary/aromatic N) is 2. The summed E-state index contributed by atoms with van der Waals surface area (Å²) in [4.78, 5) is 14.6. The van der Waals surface area contributed by atoms with Crippen molar-refractivity contribution in [2.24, 2.45) is 10.8 Å². The third kappa shape index (κ3) is 3.49. The Morgan fingerprint density at radius 1 is 1.21 bits per heavy atom. The van der Waals surface area contributed by atoms with Gasteiger partial charge in [-0.15, -0.1) is 0 Å². The molecule has 1 atom stereocenters. The molecular formula is C16H28N2O. The van der Waals surface area contributed by atoms with Crippen LogP contribution in [-0.2, 0) is 4.79 Å². The molecule has 1 fully saturated rings. The standard InChI is InChI=1S/C16H28N2O/c1-13(15(2,3)4)18(5)14(19)16(12-17)10-8-6-7-9-11-16/h13H,6-11H2,1-5H3. The highest BCUT2D eigenvalue weighted by Gasteiger charge is 2.43. The molecule has 108 valence electrons. The number of hydrogen-bond donors (Lipinski definition) is 0. The molecule has 0 radical (unpaired) electrons. The van der Waals surface area contributed by atoms with Gasteiger partial charge in [-0.05, 0) is 25.2 Å². The molecule has 1 saturated carbocycles. The lowest BCUT2D eigenvalue weighted by Crippen LogP contribution is -2.49. The molecule has 1 amide bonds. The van der Waals surface area contributed by atoms with E-state index >= 15 is 0 Å². The Morgan fingerprint density at radius 2 is 1.68 bits per heavy atom. The average Bonchev–Trinajstić information content (AvgIpc) is 2.61. The Hall–Kier alpha value is -1.04. The van der Waals surface area contributed by atoms with Gasteiger partial charge in [-0.1, -0.05) is 46.5 Å². The van der Waals surface area contributed by atoms with Crippen LogP contribution in [0.3, 0.4) is 0 Å². The first-order valence-corrected chi connectivity index (χ1v) is 7.43. The number of amides is 1. The lowest BCUT2D eigenvalue weighted by atomic mass is 9.79. The van der Waals surface area contributed by atoms with Crippen LogP contribution in [0.1, 0.15) is 66.2 Å². The van der Waals surface area contributed by atoms with E-state index in [0.717, 1.165) is 38.5 Å². The van der Waals surface area contributed by atoms with Crippen LogP contribution in [0, 0.1) is 22.2 Å². The van der Waals surface area contributed by atoms with E-state index in [9.17, 15) is 10.1 Å². The number of hydrogen-bond acceptors (Lipinski definition) is 2. The first-order chi connectivity index (χ1) is 8.74. The molecule has 0 spiro atoms. The van der Waals surface area contributed by atoms with Crippen LogP contribution in [0.2, 0.25) is 0 Å². The second-order valence-corrected chi connectivity index (χ2v) is 7.07. The van der Waals surface area contributed by atoms with E-state index in [1.807, 2.05) is 7.05 Å². The van der Waals surface area contributed by atoms with Crippen molar-refractivity contribution in [1.29, 1.82) is 5.26 Å². The van der Waals surface area contributed by atoms with Crippen molar-refractivity contribution in [3.8, 4) is 6.07 Å². The molecule has 0 aliphatic heterocycles. The van der Waals surface area contributed by atoms with Gasteiger partial charge in [0.05, 0.1) is 6.07 Å². The van der Waals surface area contributed by atoms with E-state index in [4.69, 9.17) is 0 Å². The Bertz CT molecular complexity index is 354. The normalized spacial score (nSPS) is 21.1. The van der Waals surface area contributed by atoms with E-state index in [1.165, 1.54) is 0 Å². The van der Waals surface area contributed by atoms with Crippen molar-refractivity contribution >= 4 is 5.91 Å². The minimum Gasteiger partial charge on any atom is -0.341 e. The van der Waals surface area contributed by atoms with Gasteiger partial charge in [0.25, 0.3) is 0 Å². The highest BCUT2D eigenvalue weighted by atomic mass is 16.2. The molecule has 1 unspecified atom stereocenters. The number of carbonyl (C=O) groups excluding carboxylic acids is 1. The van der Waals surface area contributed by atoms with Crippen molar-refractivity contribution in [3.63, 3.8) is 0 Å². The van der Waals surface area contributed by atoms with Gasteiger partial charge in [0.15, 0.2) is 0 Å². The molecule has 0 aromatic heterocycles. The maximum absolute atomic E-state index is 12.8. The highest BCUT2D eigenvalue weighted by Crippen LogP contribution is 2.37. The zero-order valence-electron chi connectivity index (χ0n) is 13.1. The monoisotopic (exact) mass is 264 g/mol. The maximum Gasteiger partial charge on any atom is 0.243 e. The second-order valence-electron chi connectivity index (χ2n) is 7.07. The van der Waals surface area contributed by atoms with Gasteiger partial charge in [-0.3, -0.25) is 4.79 Å². The summed E-state index contributed by atoms with van der Waals surface area (Å²) >= 11 is 0. The summed E-state index contributed by atoms with van der Waals surface area (Å²) < 4.78 is 0. The first-order valence-electron chi connectivity index (χ1n) is 7.43. The number of rotatable bonds is 2. The van der Waals surface area contributed by atoms with Gasteiger partial charge in [0.2, 0.25) is 5.91 Å². The molecule has 3 nitrogen and oxygen atoms in total. The third-order valence-corrected chi connectivity index (χ3v) is 4.74. The lowest BCUT2D eigenvalue weighted by Gasteiger charge is -2.39. The summed E-state index contributed by atoms with van der Waals surface area (Å²) in [5.74, 6) is 0.0272. The van der Waals surface area contributed by atoms with E-state index < -0.39 is 5.41 Å². The smallest absolute Gasteiger partial charge is 0.243 e. The molecule has 1 aliphatic carbocycles. The summed E-state index contributed by atoms with van der Waals surface area (Å²) in [7, 11) is 1.85. The molecule has 3 heteroatoms. The van der Waals surface area contributed by atoms with Crippen molar-refractivity contribution < 1.29 is 4.79 Å². The largest absolute Gasteiger partial charge is 0.341 e. The fourth-order valence-electron chi connectivity index (χ4n) is 2.80. The number of nitriles is 1. The van der Waals surface area contributed by atoms with E-state index in [0.29, 0.717) is 0 Å². The van der Waals surface area contributed by atoms with Gasteiger partial charge in [-0.2, -0.15) is 5.26 Å². The Kier molecular flexibility index (Phi) is 5.01. The van der Waals surface area contributed by atoms with Gasteiger partial charge in [0.1, 0.15) is 5.41 Å². The fraction of sp³-hybridized carbons (Fsp3) is 0.875. The Morgan fingerprint density at radius 3 is 2.05 bits per heavy atom.